The number of nitrogens with zero attached hydrogens (tertiary/aromatic N) is 1. The van der Waals surface area contributed by atoms with Gasteiger partial charge in [-0.05, 0) is 15.9 Å². The van der Waals surface area contributed by atoms with Crippen LogP contribution in [0.15, 0.2) is 15.3 Å². The molecule has 0 atom stereocenters. The zero-order valence-electron chi connectivity index (χ0n) is 2.81. The maximum Gasteiger partial charge on any atom is 0.284 e. The van der Waals surface area contributed by atoms with E-state index in [0.717, 1.165) is 0 Å². The highest BCUT2D eigenvalue weighted by Crippen LogP contribution is 2.00. The van der Waals surface area contributed by atoms with Crippen LogP contribution in [0.25, 0.3) is 0 Å². The number of aromatic nitrogens is 1. The van der Waals surface area contributed by atoms with Gasteiger partial charge in [0.15, 0.2) is 0 Å². The average Bonchev–Trinajstić information content (AvgIpc) is 1.86. The van der Waals surface area contributed by atoms with Crippen molar-refractivity contribution in [2.75, 3.05) is 0 Å². The Morgan fingerprint density at radius 2 is 2.83 bits per heavy atom. The van der Waals surface area contributed by atoms with Crippen molar-refractivity contribution in [3.8, 4) is 0 Å². The summed E-state index contributed by atoms with van der Waals surface area (Å²) in [5, 5.41) is 0. The Hall–Kier alpha value is -0.310. The van der Waals surface area contributed by atoms with Crippen molar-refractivity contribution in [3.63, 3.8) is 0 Å². The molecule has 0 saturated carbocycles. The van der Waals surface area contributed by atoms with E-state index in [1.165, 1.54) is 6.26 Å². The maximum absolute atomic E-state index is 4.43. The normalized spacial score (nSPS) is 8.83. The molecule has 1 aromatic heterocycles. The molecular weight excluding hydrogens is 146 g/mol. The molecule has 0 aliphatic carbocycles. The van der Waals surface area contributed by atoms with E-state index >= 15 is 0 Å². The molecule has 31 valence electrons. The van der Waals surface area contributed by atoms with E-state index in [4.69, 9.17) is 0 Å². The van der Waals surface area contributed by atoms with Crippen molar-refractivity contribution in [2.24, 2.45) is 0 Å². The molecule has 0 spiro atoms. The summed E-state index contributed by atoms with van der Waals surface area (Å²) in [4.78, 5) is 3.54. The minimum Gasteiger partial charge on any atom is -0.440 e. The Balaban J connectivity index is 3.05. The maximum atomic E-state index is 4.43. The summed E-state index contributed by atoms with van der Waals surface area (Å²) < 4.78 is 5.11. The molecule has 0 amide bonds. The Bertz CT molecular complexity index is 114. The summed E-state index contributed by atoms with van der Waals surface area (Å²) in [6.45, 7) is 0. The van der Waals surface area contributed by atoms with Crippen molar-refractivity contribution >= 4 is 15.9 Å². The monoisotopic (exact) mass is 146 g/mol. The van der Waals surface area contributed by atoms with E-state index in [2.05, 4.69) is 31.7 Å². The first-order chi connectivity index (χ1) is 2.89. The molecule has 1 heterocycles. The standard InChI is InChI=1S/C3HBrNO/c4-3-1-6-2-5-3/h1H. The molecular formula is C3HBrNO. The second kappa shape index (κ2) is 1.43. The third-order valence-electron chi connectivity index (χ3n) is 0.361. The molecule has 0 saturated heterocycles. The highest BCUT2D eigenvalue weighted by atomic mass is 79.9. The first kappa shape index (κ1) is 3.87. The van der Waals surface area contributed by atoms with Crippen LogP contribution in [0, 0.1) is 6.39 Å². The summed E-state index contributed by atoms with van der Waals surface area (Å²) >= 11 is 3.05. The first-order valence-electron chi connectivity index (χ1n) is 1.36. The van der Waals surface area contributed by atoms with E-state index in [1.54, 1.807) is 0 Å². The molecule has 1 rings (SSSR count). The van der Waals surface area contributed by atoms with E-state index in [-0.39, 0.29) is 0 Å². The molecule has 0 bridgehead atoms. The topological polar surface area (TPSA) is 26.0 Å². The minimum atomic E-state index is 0.683. The van der Waals surface area contributed by atoms with E-state index in [1.807, 2.05) is 0 Å². The molecule has 0 aliphatic rings. The predicted octanol–water partition coefficient (Wildman–Crippen LogP) is 1.24. The van der Waals surface area contributed by atoms with Crippen molar-refractivity contribution in [1.29, 1.82) is 0 Å². The van der Waals surface area contributed by atoms with Crippen LogP contribution in [0.3, 0.4) is 0 Å². The molecule has 0 aromatic carbocycles. The van der Waals surface area contributed by atoms with Gasteiger partial charge in [-0.15, -0.1) is 0 Å². The molecule has 0 fully saturated rings. The number of oxazole rings is 1. The molecule has 0 N–H and O–H groups in total. The SMILES string of the molecule is Brc1co[c]n1. The summed E-state index contributed by atoms with van der Waals surface area (Å²) in [5.41, 5.74) is 0. The number of rotatable bonds is 0. The summed E-state index contributed by atoms with van der Waals surface area (Å²) in [6.07, 6.45) is 3.72. The lowest BCUT2D eigenvalue weighted by Gasteiger charge is -1.58. The number of hydrogen-bond donors (Lipinski definition) is 0. The van der Waals surface area contributed by atoms with Crippen molar-refractivity contribution < 1.29 is 4.42 Å². The molecule has 6 heavy (non-hydrogen) atoms. The van der Waals surface area contributed by atoms with E-state index in [0.29, 0.717) is 4.60 Å². The van der Waals surface area contributed by atoms with Gasteiger partial charge in [-0.25, -0.2) is 0 Å². The zero-order chi connectivity index (χ0) is 4.41. The van der Waals surface area contributed by atoms with Gasteiger partial charge in [-0.2, -0.15) is 4.98 Å². The van der Waals surface area contributed by atoms with Crippen molar-refractivity contribution in [3.05, 3.63) is 17.3 Å². The summed E-state index contributed by atoms with van der Waals surface area (Å²) in [5.74, 6) is 0. The number of halogens is 1. The lowest BCUT2D eigenvalue weighted by molar-refractivity contribution is 0.547. The highest BCUT2D eigenvalue weighted by molar-refractivity contribution is 9.10. The Morgan fingerprint density at radius 1 is 2.00 bits per heavy atom. The van der Waals surface area contributed by atoms with Crippen LogP contribution >= 0.6 is 15.9 Å². The molecule has 1 radical (unpaired) electrons. The van der Waals surface area contributed by atoms with Gasteiger partial charge in [0.25, 0.3) is 6.39 Å². The van der Waals surface area contributed by atoms with Crippen LogP contribution in [-0.2, 0) is 0 Å². The van der Waals surface area contributed by atoms with Crippen LogP contribution in [0.1, 0.15) is 0 Å². The smallest absolute Gasteiger partial charge is 0.284 e. The van der Waals surface area contributed by atoms with Crippen LogP contribution in [0.4, 0.5) is 0 Å². The van der Waals surface area contributed by atoms with Crippen molar-refractivity contribution in [1.82, 2.24) is 4.98 Å². The van der Waals surface area contributed by atoms with Gasteiger partial charge in [-0.3, -0.25) is 0 Å². The fourth-order valence-electron chi connectivity index (χ4n) is 0.171. The van der Waals surface area contributed by atoms with Gasteiger partial charge in [0.05, 0.1) is 0 Å². The van der Waals surface area contributed by atoms with Crippen LogP contribution in [0.5, 0.6) is 0 Å². The fourth-order valence-corrected chi connectivity index (χ4v) is 0.337. The summed E-state index contributed by atoms with van der Waals surface area (Å²) in [7, 11) is 0. The third-order valence-corrected chi connectivity index (χ3v) is 0.726. The fraction of sp³-hybridized carbons (Fsp3) is 0. The van der Waals surface area contributed by atoms with Gasteiger partial charge in [0, 0.05) is 0 Å². The molecule has 0 unspecified atom stereocenters. The highest BCUT2D eigenvalue weighted by Gasteiger charge is 1.81. The third kappa shape index (κ3) is 0.597. The van der Waals surface area contributed by atoms with Gasteiger partial charge in [0.2, 0.25) is 0 Å². The second-order valence-electron chi connectivity index (χ2n) is 0.762. The Labute approximate surface area is 43.3 Å². The van der Waals surface area contributed by atoms with Gasteiger partial charge < -0.3 is 4.42 Å². The molecule has 0 aliphatic heterocycles. The quantitative estimate of drug-likeness (QED) is 0.551. The zero-order valence-corrected chi connectivity index (χ0v) is 4.40. The van der Waals surface area contributed by atoms with Crippen LogP contribution in [0.2, 0.25) is 0 Å². The minimum absolute atomic E-state index is 0.683. The van der Waals surface area contributed by atoms with Crippen LogP contribution in [-0.4, -0.2) is 4.98 Å². The molecule has 3 heteroatoms. The predicted molar refractivity (Wildman–Crippen MR) is 23.0 cm³/mol. The van der Waals surface area contributed by atoms with Gasteiger partial charge >= 0.3 is 0 Å². The van der Waals surface area contributed by atoms with E-state index < -0.39 is 0 Å². The lowest BCUT2D eigenvalue weighted by atomic mass is 11.0. The Morgan fingerprint density at radius 3 is 3.00 bits per heavy atom. The van der Waals surface area contributed by atoms with Crippen LogP contribution < -0.4 is 0 Å². The second-order valence-corrected chi connectivity index (χ2v) is 1.57. The van der Waals surface area contributed by atoms with E-state index in [9.17, 15) is 0 Å². The largest absolute Gasteiger partial charge is 0.440 e. The van der Waals surface area contributed by atoms with Gasteiger partial charge in [0.1, 0.15) is 10.9 Å². The van der Waals surface area contributed by atoms with Crippen molar-refractivity contribution in [2.45, 2.75) is 0 Å². The molecule has 2 nitrogen and oxygen atoms in total. The Kier molecular flexibility index (Phi) is 0.919. The van der Waals surface area contributed by atoms with Gasteiger partial charge in [-0.1, -0.05) is 0 Å². The summed E-state index contributed by atoms with van der Waals surface area (Å²) in [6, 6.07) is 0. The molecule has 1 aromatic rings. The lowest BCUT2D eigenvalue weighted by Crippen LogP contribution is -1.51. The average molecular weight is 147 g/mol. The first-order valence-corrected chi connectivity index (χ1v) is 2.16. The number of hydrogen-bond acceptors (Lipinski definition) is 2.